The Morgan fingerprint density at radius 1 is 0.915 bits per heavy atom. The molecule has 11 heteroatoms. The van der Waals surface area contributed by atoms with Crippen LogP contribution in [0.2, 0.25) is 10.0 Å². The van der Waals surface area contributed by atoms with Gasteiger partial charge in [-0.05, 0) is 67.8 Å². The summed E-state index contributed by atoms with van der Waals surface area (Å²) in [4.78, 5) is 30.0. The van der Waals surface area contributed by atoms with Crippen LogP contribution >= 0.6 is 23.2 Å². The van der Waals surface area contributed by atoms with E-state index in [2.05, 4.69) is 5.32 Å². The first-order chi connectivity index (χ1) is 22.4. The van der Waals surface area contributed by atoms with E-state index in [9.17, 15) is 18.0 Å². The zero-order valence-electron chi connectivity index (χ0n) is 26.8. The minimum absolute atomic E-state index is 0.0152. The van der Waals surface area contributed by atoms with Crippen LogP contribution < -0.4 is 14.4 Å². The Bertz CT molecular complexity index is 1790. The van der Waals surface area contributed by atoms with Gasteiger partial charge >= 0.3 is 0 Å². The third kappa shape index (κ3) is 9.28. The summed E-state index contributed by atoms with van der Waals surface area (Å²) in [6.45, 7) is 5.03. The number of halogens is 2. The predicted octanol–water partition coefficient (Wildman–Crippen LogP) is 7.06. The van der Waals surface area contributed by atoms with Gasteiger partial charge in [0.2, 0.25) is 11.8 Å². The van der Waals surface area contributed by atoms with E-state index in [0.29, 0.717) is 27.8 Å². The summed E-state index contributed by atoms with van der Waals surface area (Å²) in [7, 11) is -2.78. The largest absolute Gasteiger partial charge is 0.497 e. The van der Waals surface area contributed by atoms with Gasteiger partial charge in [0.1, 0.15) is 18.3 Å². The topological polar surface area (TPSA) is 96.0 Å². The first-order valence-electron chi connectivity index (χ1n) is 15.2. The third-order valence-corrected chi connectivity index (χ3v) is 10.2. The molecule has 0 unspecified atom stereocenters. The van der Waals surface area contributed by atoms with Crippen LogP contribution in [0.25, 0.3) is 0 Å². The number of benzene rings is 4. The Hall–Kier alpha value is -4.05. The Kier molecular flexibility index (Phi) is 12.3. The van der Waals surface area contributed by atoms with Crippen LogP contribution in [0.1, 0.15) is 37.0 Å². The molecule has 0 bridgehead atoms. The lowest BCUT2D eigenvalue weighted by atomic mass is 10.0. The zero-order chi connectivity index (χ0) is 34.1. The maximum Gasteiger partial charge on any atom is 0.264 e. The molecule has 0 aliphatic carbocycles. The van der Waals surface area contributed by atoms with Gasteiger partial charge in [-0.3, -0.25) is 13.9 Å². The van der Waals surface area contributed by atoms with Crippen molar-refractivity contribution < 1.29 is 22.7 Å². The van der Waals surface area contributed by atoms with E-state index in [1.54, 1.807) is 54.6 Å². The average molecular weight is 697 g/mol. The molecular formula is C36H39Cl2N3O5S. The summed E-state index contributed by atoms with van der Waals surface area (Å²) in [5.74, 6) is -0.551. The van der Waals surface area contributed by atoms with E-state index >= 15 is 0 Å². The molecule has 8 nitrogen and oxygen atoms in total. The monoisotopic (exact) mass is 695 g/mol. The highest BCUT2D eigenvalue weighted by atomic mass is 35.5. The molecule has 0 radical (unpaired) electrons. The van der Waals surface area contributed by atoms with Crippen molar-refractivity contribution in [2.24, 2.45) is 0 Å². The number of sulfonamides is 1. The fraction of sp³-hybridized carbons (Fsp3) is 0.278. The van der Waals surface area contributed by atoms with Crippen molar-refractivity contribution in [2.45, 2.75) is 57.1 Å². The summed E-state index contributed by atoms with van der Waals surface area (Å²) in [5, 5.41) is 3.75. The molecule has 4 rings (SSSR count). The third-order valence-electron chi connectivity index (χ3n) is 7.86. The molecular weight excluding hydrogens is 657 g/mol. The molecule has 2 amide bonds. The maximum atomic E-state index is 14.6. The summed E-state index contributed by atoms with van der Waals surface area (Å²) in [6.07, 6.45) is 0.864. The quantitative estimate of drug-likeness (QED) is 0.152. The normalized spacial score (nSPS) is 12.6. The first-order valence-corrected chi connectivity index (χ1v) is 17.4. The number of aryl methyl sites for hydroxylation is 1. The molecule has 47 heavy (non-hydrogen) atoms. The van der Waals surface area contributed by atoms with Crippen LogP contribution in [0.15, 0.2) is 102 Å². The summed E-state index contributed by atoms with van der Waals surface area (Å²) in [6, 6.07) is 26.0. The van der Waals surface area contributed by atoms with E-state index in [1.807, 2.05) is 51.1 Å². The van der Waals surface area contributed by atoms with E-state index in [0.717, 1.165) is 15.4 Å². The van der Waals surface area contributed by atoms with Gasteiger partial charge in [-0.25, -0.2) is 8.42 Å². The van der Waals surface area contributed by atoms with Crippen LogP contribution in [-0.4, -0.2) is 50.9 Å². The molecule has 2 atom stereocenters. The second-order valence-electron chi connectivity index (χ2n) is 11.3. The SMILES string of the molecule is CC[C@@H](C)NC(=O)[C@@H](Cc1ccccc1)N(Cc1ccc(Cl)cc1Cl)C(=O)CN(c1cccc(OC)c1)S(=O)(=O)c1ccc(C)cc1. The molecule has 0 fully saturated rings. The van der Waals surface area contributed by atoms with Gasteiger partial charge < -0.3 is 15.0 Å². The summed E-state index contributed by atoms with van der Waals surface area (Å²) >= 11 is 12.8. The summed E-state index contributed by atoms with van der Waals surface area (Å²) in [5.41, 5.74) is 2.49. The molecule has 4 aromatic carbocycles. The molecule has 4 aromatic rings. The van der Waals surface area contributed by atoms with Crippen molar-refractivity contribution in [1.29, 1.82) is 0 Å². The number of amides is 2. The number of nitrogens with one attached hydrogen (secondary N) is 1. The van der Waals surface area contributed by atoms with Crippen molar-refractivity contribution in [2.75, 3.05) is 18.0 Å². The minimum Gasteiger partial charge on any atom is -0.497 e. The van der Waals surface area contributed by atoms with Crippen LogP contribution in [0, 0.1) is 6.92 Å². The Morgan fingerprint density at radius 2 is 1.62 bits per heavy atom. The zero-order valence-corrected chi connectivity index (χ0v) is 29.1. The number of nitrogens with zero attached hydrogens (tertiary/aromatic N) is 2. The van der Waals surface area contributed by atoms with E-state index < -0.39 is 28.5 Å². The predicted molar refractivity (Wildman–Crippen MR) is 188 cm³/mol. The second-order valence-corrected chi connectivity index (χ2v) is 14.0. The molecule has 0 heterocycles. The lowest BCUT2D eigenvalue weighted by molar-refractivity contribution is -0.140. The van der Waals surface area contributed by atoms with Crippen LogP contribution in [-0.2, 0) is 32.6 Å². The van der Waals surface area contributed by atoms with Crippen LogP contribution in [0.4, 0.5) is 5.69 Å². The fourth-order valence-electron chi connectivity index (χ4n) is 4.96. The van der Waals surface area contributed by atoms with Crippen LogP contribution in [0.5, 0.6) is 5.75 Å². The van der Waals surface area contributed by atoms with Gasteiger partial charge in [0.15, 0.2) is 0 Å². The molecule has 0 saturated heterocycles. The number of ether oxygens (including phenoxy) is 1. The number of hydrogen-bond acceptors (Lipinski definition) is 5. The van der Waals surface area contributed by atoms with Gasteiger partial charge in [-0.1, -0.05) is 90.3 Å². The first kappa shape index (κ1) is 35.8. The molecule has 0 saturated carbocycles. The molecule has 0 aliphatic rings. The number of carbonyl (C=O) groups excluding carboxylic acids is 2. The van der Waals surface area contributed by atoms with Gasteiger partial charge in [0.25, 0.3) is 10.0 Å². The van der Waals surface area contributed by atoms with E-state index in [4.69, 9.17) is 27.9 Å². The summed E-state index contributed by atoms with van der Waals surface area (Å²) < 4.78 is 34.9. The molecule has 1 N–H and O–H groups in total. The van der Waals surface area contributed by atoms with Gasteiger partial charge in [-0.15, -0.1) is 0 Å². The van der Waals surface area contributed by atoms with Gasteiger partial charge in [0.05, 0.1) is 17.7 Å². The molecule has 0 aromatic heterocycles. The number of rotatable bonds is 14. The Morgan fingerprint density at radius 3 is 2.26 bits per heavy atom. The van der Waals surface area contributed by atoms with Crippen molar-refractivity contribution in [3.05, 3.63) is 124 Å². The molecule has 248 valence electrons. The average Bonchev–Trinajstić information content (AvgIpc) is 3.06. The minimum atomic E-state index is -4.25. The lowest BCUT2D eigenvalue weighted by Crippen LogP contribution is -2.54. The number of carbonyl (C=O) groups is 2. The van der Waals surface area contributed by atoms with E-state index in [-0.39, 0.29) is 35.5 Å². The highest BCUT2D eigenvalue weighted by Gasteiger charge is 2.35. The number of methoxy groups -OCH3 is 1. The fourth-order valence-corrected chi connectivity index (χ4v) is 6.83. The van der Waals surface area contributed by atoms with Gasteiger partial charge in [-0.2, -0.15) is 0 Å². The lowest BCUT2D eigenvalue weighted by Gasteiger charge is -2.34. The van der Waals surface area contributed by atoms with E-state index in [1.165, 1.54) is 24.1 Å². The van der Waals surface area contributed by atoms with Crippen molar-refractivity contribution >= 4 is 50.7 Å². The van der Waals surface area contributed by atoms with Crippen molar-refractivity contribution in [1.82, 2.24) is 10.2 Å². The molecule has 0 spiro atoms. The number of anilines is 1. The van der Waals surface area contributed by atoms with Gasteiger partial charge in [0, 0.05) is 35.1 Å². The van der Waals surface area contributed by atoms with Crippen molar-refractivity contribution in [3.63, 3.8) is 0 Å². The maximum absolute atomic E-state index is 14.6. The smallest absolute Gasteiger partial charge is 0.264 e. The molecule has 0 aliphatic heterocycles. The van der Waals surface area contributed by atoms with Crippen LogP contribution in [0.3, 0.4) is 0 Å². The second kappa shape index (κ2) is 16.2. The Labute approximate surface area is 287 Å². The highest BCUT2D eigenvalue weighted by Crippen LogP contribution is 2.29. The number of hydrogen-bond donors (Lipinski definition) is 1. The standard InChI is InChI=1S/C36H39Cl2N3O5S/c1-5-26(3)39-36(43)34(20-27-10-7-6-8-11-27)40(23-28-16-17-29(37)21-33(28)38)35(42)24-41(30-12-9-13-31(22-30)46-4)47(44,45)32-18-14-25(2)15-19-32/h6-19,21-22,26,34H,5,20,23-24H2,1-4H3,(H,39,43)/t26-,34-/m1/s1. The van der Waals surface area contributed by atoms with Crippen molar-refractivity contribution in [3.8, 4) is 5.75 Å². The Balaban J connectivity index is 1.84. The highest BCUT2D eigenvalue weighted by molar-refractivity contribution is 7.92.